The molecular formula is C28H42N2O2. The lowest BCUT2D eigenvalue weighted by Gasteiger charge is -2.08. The zero-order valence-electron chi connectivity index (χ0n) is 20.1. The van der Waals surface area contributed by atoms with E-state index in [1.165, 1.54) is 64.2 Å². The lowest BCUT2D eigenvalue weighted by atomic mass is 10.1. The molecule has 0 aliphatic heterocycles. The number of unbranched alkanes of at least 4 members (excludes halogenated alkanes) is 11. The molecule has 0 aliphatic carbocycles. The van der Waals surface area contributed by atoms with E-state index in [1.807, 2.05) is 30.3 Å². The van der Waals surface area contributed by atoms with Gasteiger partial charge in [-0.15, -0.1) is 6.58 Å². The van der Waals surface area contributed by atoms with Crippen molar-refractivity contribution in [2.45, 2.75) is 90.4 Å². The third-order valence-corrected chi connectivity index (χ3v) is 5.58. The molecule has 0 saturated heterocycles. The molecule has 0 unspecified atom stereocenters. The van der Waals surface area contributed by atoms with E-state index in [2.05, 4.69) is 23.5 Å². The number of ether oxygens (including phenoxy) is 2. The first kappa shape index (κ1) is 25.9. The highest BCUT2D eigenvalue weighted by atomic mass is 16.5. The van der Waals surface area contributed by atoms with Gasteiger partial charge < -0.3 is 9.47 Å². The molecule has 0 bridgehead atoms. The number of allylic oxidation sites excluding steroid dienone is 1. The number of hydrogen-bond acceptors (Lipinski definition) is 4. The van der Waals surface area contributed by atoms with Crippen molar-refractivity contribution in [1.82, 2.24) is 9.97 Å². The van der Waals surface area contributed by atoms with Gasteiger partial charge in [0.05, 0.1) is 25.6 Å². The standard InChI is InChI=1S/C28H42N2O2/c1-3-5-7-9-11-12-14-16-22-32-27-23-29-28(30-24-27)25-17-19-26(20-18-25)31-21-15-13-10-8-6-4-2/h3,17-20,23-24H,1,4-16,21-22H2,2H3. The maximum Gasteiger partial charge on any atom is 0.159 e. The second-order valence-electron chi connectivity index (χ2n) is 8.43. The van der Waals surface area contributed by atoms with Gasteiger partial charge in [0.1, 0.15) is 5.75 Å². The Kier molecular flexibility index (Phi) is 13.9. The molecule has 0 spiro atoms. The van der Waals surface area contributed by atoms with Crippen LogP contribution in [0.2, 0.25) is 0 Å². The van der Waals surface area contributed by atoms with Gasteiger partial charge in [-0.25, -0.2) is 9.97 Å². The molecule has 4 nitrogen and oxygen atoms in total. The molecule has 32 heavy (non-hydrogen) atoms. The van der Waals surface area contributed by atoms with E-state index in [0.717, 1.165) is 49.5 Å². The minimum Gasteiger partial charge on any atom is -0.494 e. The average Bonchev–Trinajstić information content (AvgIpc) is 2.83. The van der Waals surface area contributed by atoms with Gasteiger partial charge in [-0.1, -0.05) is 70.8 Å². The molecule has 176 valence electrons. The molecule has 0 aliphatic rings. The highest BCUT2D eigenvalue weighted by Gasteiger charge is 2.03. The Hall–Kier alpha value is -2.36. The molecule has 1 aromatic carbocycles. The Morgan fingerprint density at radius 1 is 0.688 bits per heavy atom. The normalized spacial score (nSPS) is 10.8. The molecule has 0 fully saturated rings. The monoisotopic (exact) mass is 438 g/mol. The fraction of sp³-hybridized carbons (Fsp3) is 0.571. The Labute approximate surface area is 195 Å². The van der Waals surface area contributed by atoms with E-state index in [4.69, 9.17) is 9.47 Å². The molecule has 4 heteroatoms. The van der Waals surface area contributed by atoms with E-state index in [-0.39, 0.29) is 0 Å². The summed E-state index contributed by atoms with van der Waals surface area (Å²) >= 11 is 0. The van der Waals surface area contributed by atoms with Crippen LogP contribution in [0.3, 0.4) is 0 Å². The molecule has 0 radical (unpaired) electrons. The molecule has 1 aromatic heterocycles. The van der Waals surface area contributed by atoms with Gasteiger partial charge in [0, 0.05) is 5.56 Å². The zero-order chi connectivity index (χ0) is 22.7. The van der Waals surface area contributed by atoms with E-state index in [9.17, 15) is 0 Å². The van der Waals surface area contributed by atoms with E-state index >= 15 is 0 Å². The summed E-state index contributed by atoms with van der Waals surface area (Å²) in [5.41, 5.74) is 0.986. The van der Waals surface area contributed by atoms with Crippen LogP contribution < -0.4 is 9.47 Å². The summed E-state index contributed by atoms with van der Waals surface area (Å²) in [6, 6.07) is 8.03. The second kappa shape index (κ2) is 17.2. The maximum atomic E-state index is 5.85. The highest BCUT2D eigenvalue weighted by Crippen LogP contribution is 2.21. The van der Waals surface area contributed by atoms with Crippen LogP contribution in [0.5, 0.6) is 11.5 Å². The first-order chi connectivity index (χ1) is 15.8. The lowest BCUT2D eigenvalue weighted by molar-refractivity contribution is 0.302. The van der Waals surface area contributed by atoms with E-state index in [1.54, 1.807) is 12.4 Å². The summed E-state index contributed by atoms with van der Waals surface area (Å²) in [4.78, 5) is 8.92. The predicted octanol–water partition coefficient (Wildman–Crippen LogP) is 8.18. The van der Waals surface area contributed by atoms with E-state index in [0.29, 0.717) is 5.82 Å². The summed E-state index contributed by atoms with van der Waals surface area (Å²) in [5.74, 6) is 2.35. The van der Waals surface area contributed by atoms with E-state index < -0.39 is 0 Å². The summed E-state index contributed by atoms with van der Waals surface area (Å²) < 4.78 is 11.6. The molecule has 2 aromatic rings. The van der Waals surface area contributed by atoms with Crippen molar-refractivity contribution in [2.24, 2.45) is 0 Å². The number of nitrogens with zero attached hydrogens (tertiary/aromatic N) is 2. The average molecular weight is 439 g/mol. The second-order valence-corrected chi connectivity index (χ2v) is 8.43. The van der Waals surface area contributed by atoms with Crippen LogP contribution in [-0.4, -0.2) is 23.2 Å². The highest BCUT2D eigenvalue weighted by molar-refractivity contribution is 5.56. The van der Waals surface area contributed by atoms with Crippen LogP contribution in [0.25, 0.3) is 11.4 Å². The molecule has 0 N–H and O–H groups in total. The van der Waals surface area contributed by atoms with Gasteiger partial charge in [0.15, 0.2) is 11.6 Å². The van der Waals surface area contributed by atoms with Gasteiger partial charge in [-0.05, 0) is 49.9 Å². The third kappa shape index (κ3) is 11.3. The van der Waals surface area contributed by atoms with Crippen LogP contribution in [0.4, 0.5) is 0 Å². The molecule has 0 amide bonds. The summed E-state index contributed by atoms with van der Waals surface area (Å²) in [6.07, 6.45) is 21.7. The first-order valence-electron chi connectivity index (χ1n) is 12.6. The molecule has 0 saturated carbocycles. The molecule has 2 rings (SSSR count). The fourth-order valence-corrected chi connectivity index (χ4v) is 3.60. The van der Waals surface area contributed by atoms with Crippen LogP contribution in [0.1, 0.15) is 90.4 Å². The predicted molar refractivity (Wildman–Crippen MR) is 134 cm³/mol. The molecular weight excluding hydrogens is 396 g/mol. The van der Waals surface area contributed by atoms with Gasteiger partial charge in [0.25, 0.3) is 0 Å². The SMILES string of the molecule is C=CCCCCCCCCOc1cnc(-c2ccc(OCCCCCCCC)cc2)nc1. The maximum absolute atomic E-state index is 5.85. The first-order valence-corrected chi connectivity index (χ1v) is 12.6. The summed E-state index contributed by atoms with van der Waals surface area (Å²) in [6.45, 7) is 7.51. The Morgan fingerprint density at radius 3 is 1.81 bits per heavy atom. The minimum atomic E-state index is 0.708. The Morgan fingerprint density at radius 2 is 1.22 bits per heavy atom. The van der Waals surface area contributed by atoms with Gasteiger partial charge in [-0.2, -0.15) is 0 Å². The smallest absolute Gasteiger partial charge is 0.159 e. The molecule has 1 heterocycles. The Bertz CT molecular complexity index is 713. The summed E-state index contributed by atoms with van der Waals surface area (Å²) in [7, 11) is 0. The quantitative estimate of drug-likeness (QED) is 0.164. The van der Waals surface area contributed by atoms with Crippen LogP contribution in [0.15, 0.2) is 49.3 Å². The molecule has 0 atom stereocenters. The summed E-state index contributed by atoms with van der Waals surface area (Å²) in [5, 5.41) is 0. The van der Waals surface area contributed by atoms with Crippen molar-refractivity contribution < 1.29 is 9.47 Å². The fourth-order valence-electron chi connectivity index (χ4n) is 3.60. The van der Waals surface area contributed by atoms with Crippen molar-refractivity contribution in [1.29, 1.82) is 0 Å². The number of hydrogen-bond donors (Lipinski definition) is 0. The van der Waals surface area contributed by atoms with Crippen molar-refractivity contribution in [3.63, 3.8) is 0 Å². The number of benzene rings is 1. The Balaban J connectivity index is 1.61. The lowest BCUT2D eigenvalue weighted by Crippen LogP contribution is -1.99. The topological polar surface area (TPSA) is 44.2 Å². The van der Waals surface area contributed by atoms with Crippen LogP contribution >= 0.6 is 0 Å². The minimum absolute atomic E-state index is 0.708. The van der Waals surface area contributed by atoms with Crippen molar-refractivity contribution in [3.05, 3.63) is 49.3 Å². The van der Waals surface area contributed by atoms with Crippen molar-refractivity contribution >= 4 is 0 Å². The van der Waals surface area contributed by atoms with Gasteiger partial charge >= 0.3 is 0 Å². The third-order valence-electron chi connectivity index (χ3n) is 5.58. The van der Waals surface area contributed by atoms with Gasteiger partial charge in [-0.3, -0.25) is 0 Å². The van der Waals surface area contributed by atoms with Crippen LogP contribution in [0, 0.1) is 0 Å². The number of rotatable bonds is 19. The van der Waals surface area contributed by atoms with Crippen molar-refractivity contribution in [2.75, 3.05) is 13.2 Å². The number of aromatic nitrogens is 2. The van der Waals surface area contributed by atoms with Gasteiger partial charge in [0.2, 0.25) is 0 Å². The zero-order valence-corrected chi connectivity index (χ0v) is 20.1. The van der Waals surface area contributed by atoms with Crippen LogP contribution in [-0.2, 0) is 0 Å². The largest absolute Gasteiger partial charge is 0.494 e. The van der Waals surface area contributed by atoms with Crippen molar-refractivity contribution in [3.8, 4) is 22.9 Å².